The molecule has 2 aromatic carbocycles. The number of hydrogen-bond acceptors (Lipinski definition) is 5. The highest BCUT2D eigenvalue weighted by Gasteiger charge is 2.17. The molecule has 0 amide bonds. The van der Waals surface area contributed by atoms with E-state index in [9.17, 15) is 13.2 Å². The SMILES string of the molecule is Cc1nn(Cc2ccccc2Cl)c(Cl)c1/C=C/C(=O)OCc1cccc(S(=O)(=O)N(C)C)c1. The molecule has 1 heterocycles. The lowest BCUT2D eigenvalue weighted by Gasteiger charge is -2.12. The maximum Gasteiger partial charge on any atom is 0.331 e. The van der Waals surface area contributed by atoms with Gasteiger partial charge in [0.1, 0.15) is 11.8 Å². The molecule has 0 aliphatic carbocycles. The molecule has 0 saturated heterocycles. The summed E-state index contributed by atoms with van der Waals surface area (Å²) in [5.41, 5.74) is 2.68. The number of sulfonamides is 1. The summed E-state index contributed by atoms with van der Waals surface area (Å²) in [6.07, 6.45) is 2.80. The fourth-order valence-corrected chi connectivity index (χ4v) is 4.48. The first kappa shape index (κ1) is 25.0. The molecule has 0 aliphatic heterocycles. The standard InChI is InChI=1S/C23H23Cl2N3O4S/c1-16-20(23(25)28(26-16)14-18-8-4-5-10-21(18)24)11-12-22(29)32-15-17-7-6-9-19(13-17)33(30,31)27(2)3/h4-13H,14-15H2,1-3H3/b12-11+. The van der Waals surface area contributed by atoms with Gasteiger partial charge in [-0.25, -0.2) is 22.2 Å². The van der Waals surface area contributed by atoms with Crippen LogP contribution in [0.25, 0.3) is 6.08 Å². The normalized spacial score (nSPS) is 11.9. The van der Waals surface area contributed by atoms with Gasteiger partial charge in [0.15, 0.2) is 0 Å². The van der Waals surface area contributed by atoms with Crippen molar-refractivity contribution >= 4 is 45.3 Å². The minimum Gasteiger partial charge on any atom is -0.458 e. The summed E-state index contributed by atoms with van der Waals surface area (Å²) in [6, 6.07) is 13.7. The molecule has 0 aliphatic rings. The third-order valence-electron chi connectivity index (χ3n) is 4.83. The zero-order chi connectivity index (χ0) is 24.2. The Bertz CT molecular complexity index is 1300. The van der Waals surface area contributed by atoms with Crippen LogP contribution in [0.4, 0.5) is 0 Å². The van der Waals surface area contributed by atoms with E-state index in [4.69, 9.17) is 27.9 Å². The molecular formula is C23H23Cl2N3O4S. The Labute approximate surface area is 203 Å². The summed E-state index contributed by atoms with van der Waals surface area (Å²) in [4.78, 5) is 12.4. The third kappa shape index (κ3) is 6.03. The van der Waals surface area contributed by atoms with Gasteiger partial charge in [0.25, 0.3) is 0 Å². The lowest BCUT2D eigenvalue weighted by molar-refractivity contribution is -0.138. The summed E-state index contributed by atoms with van der Waals surface area (Å²) in [5, 5.41) is 5.42. The van der Waals surface area contributed by atoms with Crippen molar-refractivity contribution in [2.45, 2.75) is 25.0 Å². The van der Waals surface area contributed by atoms with Crippen LogP contribution >= 0.6 is 23.2 Å². The highest BCUT2D eigenvalue weighted by Crippen LogP contribution is 2.24. The molecule has 0 unspecified atom stereocenters. The largest absolute Gasteiger partial charge is 0.458 e. The first-order valence-corrected chi connectivity index (χ1v) is 12.1. The Morgan fingerprint density at radius 1 is 1.15 bits per heavy atom. The molecule has 1 aromatic heterocycles. The Balaban J connectivity index is 1.67. The molecule has 3 aromatic rings. The predicted octanol–water partition coefficient (Wildman–Crippen LogP) is 4.55. The van der Waals surface area contributed by atoms with Crippen molar-refractivity contribution in [1.82, 2.24) is 14.1 Å². The Kier molecular flexibility index (Phi) is 7.97. The topological polar surface area (TPSA) is 81.5 Å². The molecule has 0 N–H and O–H groups in total. The first-order chi connectivity index (χ1) is 15.6. The molecule has 174 valence electrons. The van der Waals surface area contributed by atoms with Crippen LogP contribution in [-0.4, -0.2) is 42.6 Å². The minimum atomic E-state index is -3.57. The van der Waals surface area contributed by atoms with Crippen molar-refractivity contribution in [3.05, 3.63) is 87.2 Å². The first-order valence-electron chi connectivity index (χ1n) is 9.92. The maximum absolute atomic E-state index is 12.3. The maximum atomic E-state index is 12.3. The van der Waals surface area contributed by atoms with E-state index in [0.29, 0.717) is 33.5 Å². The highest BCUT2D eigenvalue weighted by molar-refractivity contribution is 7.89. The van der Waals surface area contributed by atoms with Crippen molar-refractivity contribution in [3.8, 4) is 0 Å². The van der Waals surface area contributed by atoms with Crippen molar-refractivity contribution in [2.24, 2.45) is 0 Å². The fraction of sp³-hybridized carbons (Fsp3) is 0.217. The molecule has 10 heteroatoms. The van der Waals surface area contributed by atoms with E-state index in [-0.39, 0.29) is 11.5 Å². The Hall–Kier alpha value is -2.65. The lowest BCUT2D eigenvalue weighted by Crippen LogP contribution is -2.22. The zero-order valence-electron chi connectivity index (χ0n) is 18.3. The Morgan fingerprint density at radius 2 is 1.88 bits per heavy atom. The smallest absolute Gasteiger partial charge is 0.331 e. The minimum absolute atomic E-state index is 0.0710. The number of esters is 1. The number of hydrogen-bond donors (Lipinski definition) is 0. The van der Waals surface area contributed by atoms with Crippen LogP contribution in [0.2, 0.25) is 10.2 Å². The van der Waals surface area contributed by atoms with Crippen LogP contribution in [0, 0.1) is 6.92 Å². The van der Waals surface area contributed by atoms with Crippen molar-refractivity contribution < 1.29 is 17.9 Å². The van der Waals surface area contributed by atoms with E-state index in [1.54, 1.807) is 35.9 Å². The van der Waals surface area contributed by atoms with Crippen LogP contribution in [0.1, 0.15) is 22.4 Å². The van der Waals surface area contributed by atoms with Gasteiger partial charge in [0.05, 0.1) is 17.1 Å². The molecule has 0 atom stereocenters. The van der Waals surface area contributed by atoms with Crippen LogP contribution in [0.3, 0.4) is 0 Å². The molecule has 0 radical (unpaired) electrons. The van der Waals surface area contributed by atoms with Crippen molar-refractivity contribution in [3.63, 3.8) is 0 Å². The lowest BCUT2D eigenvalue weighted by atomic mass is 10.2. The molecule has 0 fully saturated rings. The number of ether oxygens (including phenoxy) is 1. The van der Waals surface area contributed by atoms with E-state index in [2.05, 4.69) is 5.10 Å². The number of benzene rings is 2. The second kappa shape index (κ2) is 10.5. The van der Waals surface area contributed by atoms with Gasteiger partial charge >= 0.3 is 5.97 Å². The molecule has 3 rings (SSSR count). The van der Waals surface area contributed by atoms with E-state index >= 15 is 0 Å². The van der Waals surface area contributed by atoms with E-state index in [0.717, 1.165) is 9.87 Å². The number of carbonyl (C=O) groups is 1. The molecule has 0 spiro atoms. The molecular weight excluding hydrogens is 485 g/mol. The highest BCUT2D eigenvalue weighted by atomic mass is 35.5. The number of nitrogens with zero attached hydrogens (tertiary/aromatic N) is 3. The van der Waals surface area contributed by atoms with E-state index in [1.165, 1.54) is 32.3 Å². The summed E-state index contributed by atoms with van der Waals surface area (Å²) >= 11 is 12.7. The third-order valence-corrected chi connectivity index (χ3v) is 7.41. The van der Waals surface area contributed by atoms with Crippen LogP contribution in [-0.2, 0) is 32.7 Å². The number of carbonyl (C=O) groups excluding carboxylic acids is 1. The molecule has 0 bridgehead atoms. The zero-order valence-corrected chi connectivity index (χ0v) is 20.7. The summed E-state index contributed by atoms with van der Waals surface area (Å²) < 4.78 is 32.5. The summed E-state index contributed by atoms with van der Waals surface area (Å²) in [5.74, 6) is -0.592. The van der Waals surface area contributed by atoms with Crippen molar-refractivity contribution in [2.75, 3.05) is 14.1 Å². The van der Waals surface area contributed by atoms with Gasteiger partial charge in [-0.2, -0.15) is 5.10 Å². The van der Waals surface area contributed by atoms with Gasteiger partial charge in [0, 0.05) is 30.8 Å². The summed E-state index contributed by atoms with van der Waals surface area (Å²) in [7, 11) is -0.660. The van der Waals surface area contributed by atoms with Gasteiger partial charge in [-0.1, -0.05) is 53.5 Å². The van der Waals surface area contributed by atoms with E-state index < -0.39 is 16.0 Å². The monoisotopic (exact) mass is 507 g/mol. The second-order valence-corrected chi connectivity index (χ2v) is 10.3. The predicted molar refractivity (Wildman–Crippen MR) is 129 cm³/mol. The van der Waals surface area contributed by atoms with Crippen LogP contribution in [0.15, 0.2) is 59.5 Å². The quantitative estimate of drug-likeness (QED) is 0.329. The van der Waals surface area contributed by atoms with Gasteiger partial charge in [-0.15, -0.1) is 0 Å². The van der Waals surface area contributed by atoms with Crippen molar-refractivity contribution in [1.29, 1.82) is 0 Å². The fourth-order valence-electron chi connectivity index (χ4n) is 3.01. The average Bonchev–Trinajstić information content (AvgIpc) is 3.04. The number of aryl methyl sites for hydroxylation is 1. The summed E-state index contributed by atoms with van der Waals surface area (Å²) in [6.45, 7) is 2.11. The number of rotatable bonds is 8. The number of aromatic nitrogens is 2. The van der Waals surface area contributed by atoms with Gasteiger partial charge < -0.3 is 4.74 Å². The number of halogens is 2. The van der Waals surface area contributed by atoms with Gasteiger partial charge in [-0.3, -0.25) is 0 Å². The Morgan fingerprint density at radius 3 is 2.58 bits per heavy atom. The molecule has 7 nitrogen and oxygen atoms in total. The average molecular weight is 508 g/mol. The molecule has 33 heavy (non-hydrogen) atoms. The van der Waals surface area contributed by atoms with E-state index in [1.807, 2.05) is 18.2 Å². The second-order valence-electron chi connectivity index (χ2n) is 7.41. The van der Waals surface area contributed by atoms with Gasteiger partial charge in [0.2, 0.25) is 10.0 Å². The van der Waals surface area contributed by atoms with Gasteiger partial charge in [-0.05, 0) is 42.3 Å². The van der Waals surface area contributed by atoms with Crippen LogP contribution in [0.5, 0.6) is 0 Å². The molecule has 0 saturated carbocycles. The van der Waals surface area contributed by atoms with Crippen LogP contribution < -0.4 is 0 Å².